The van der Waals surface area contributed by atoms with Gasteiger partial charge in [0, 0.05) is 6.04 Å². The molecule has 2 atom stereocenters. The Labute approximate surface area is 107 Å². The van der Waals surface area contributed by atoms with E-state index in [1.54, 1.807) is 18.5 Å². The summed E-state index contributed by atoms with van der Waals surface area (Å²) in [5.74, 6) is 0.815. The first kappa shape index (κ1) is 12.4. The van der Waals surface area contributed by atoms with Gasteiger partial charge in [-0.15, -0.1) is 0 Å². The third kappa shape index (κ3) is 3.24. The van der Waals surface area contributed by atoms with Crippen LogP contribution >= 0.6 is 0 Å². The Morgan fingerprint density at radius 1 is 1.39 bits per heavy atom. The van der Waals surface area contributed by atoms with Gasteiger partial charge in [-0.3, -0.25) is 4.99 Å². The molecule has 94 valence electrons. The van der Waals surface area contributed by atoms with Gasteiger partial charge in [-0.2, -0.15) is 5.26 Å². The SMILES string of the molecule is CC1NC=NC1CCCOc1ccc(C#N)cc1. The predicted molar refractivity (Wildman–Crippen MR) is 70.8 cm³/mol. The molecular weight excluding hydrogens is 226 g/mol. The van der Waals surface area contributed by atoms with Crippen LogP contribution in [-0.2, 0) is 0 Å². The zero-order valence-electron chi connectivity index (χ0n) is 10.5. The highest BCUT2D eigenvalue weighted by Gasteiger charge is 2.18. The van der Waals surface area contributed by atoms with Crippen molar-refractivity contribution < 1.29 is 4.74 Å². The molecule has 0 bridgehead atoms. The molecule has 1 N–H and O–H groups in total. The summed E-state index contributed by atoms with van der Waals surface area (Å²) in [4.78, 5) is 4.36. The normalized spacial score (nSPS) is 21.3. The maximum absolute atomic E-state index is 8.68. The average molecular weight is 243 g/mol. The summed E-state index contributed by atoms with van der Waals surface area (Å²) >= 11 is 0. The molecular formula is C14H17N3O. The zero-order valence-corrected chi connectivity index (χ0v) is 10.5. The number of nitrogens with zero attached hydrogens (tertiary/aromatic N) is 2. The van der Waals surface area contributed by atoms with Crippen LogP contribution in [0.1, 0.15) is 25.3 Å². The summed E-state index contributed by atoms with van der Waals surface area (Å²) in [6.45, 7) is 2.82. The van der Waals surface area contributed by atoms with Gasteiger partial charge in [-0.25, -0.2) is 0 Å². The third-order valence-electron chi connectivity index (χ3n) is 3.08. The minimum absolute atomic E-state index is 0.370. The van der Waals surface area contributed by atoms with E-state index in [-0.39, 0.29) is 0 Å². The predicted octanol–water partition coefficient (Wildman–Crippen LogP) is 2.11. The monoisotopic (exact) mass is 243 g/mol. The van der Waals surface area contributed by atoms with Crippen molar-refractivity contribution in [3.05, 3.63) is 29.8 Å². The molecule has 1 aliphatic rings. The van der Waals surface area contributed by atoms with Crippen molar-refractivity contribution in [2.75, 3.05) is 6.61 Å². The van der Waals surface area contributed by atoms with Gasteiger partial charge in [0.2, 0.25) is 0 Å². The molecule has 4 nitrogen and oxygen atoms in total. The van der Waals surface area contributed by atoms with Crippen LogP contribution in [-0.4, -0.2) is 25.0 Å². The molecule has 1 aromatic carbocycles. The largest absolute Gasteiger partial charge is 0.494 e. The van der Waals surface area contributed by atoms with Gasteiger partial charge in [0.1, 0.15) is 5.75 Å². The number of nitrogens with one attached hydrogen (secondary N) is 1. The lowest BCUT2D eigenvalue weighted by molar-refractivity contribution is 0.299. The summed E-state index contributed by atoms with van der Waals surface area (Å²) in [7, 11) is 0. The Kier molecular flexibility index (Phi) is 4.19. The summed E-state index contributed by atoms with van der Waals surface area (Å²) < 4.78 is 5.62. The van der Waals surface area contributed by atoms with Gasteiger partial charge < -0.3 is 10.1 Å². The maximum Gasteiger partial charge on any atom is 0.119 e. The number of nitriles is 1. The third-order valence-corrected chi connectivity index (χ3v) is 3.08. The summed E-state index contributed by atoms with van der Waals surface area (Å²) in [5.41, 5.74) is 0.655. The van der Waals surface area contributed by atoms with Gasteiger partial charge in [0.25, 0.3) is 0 Å². The van der Waals surface area contributed by atoms with Gasteiger partial charge in [0.15, 0.2) is 0 Å². The molecule has 0 fully saturated rings. The highest BCUT2D eigenvalue weighted by atomic mass is 16.5. The first-order chi connectivity index (χ1) is 8.79. The van der Waals surface area contributed by atoms with E-state index in [0.29, 0.717) is 24.3 Å². The van der Waals surface area contributed by atoms with E-state index < -0.39 is 0 Å². The van der Waals surface area contributed by atoms with Crippen LogP contribution in [0.25, 0.3) is 0 Å². The van der Waals surface area contributed by atoms with E-state index in [4.69, 9.17) is 10.00 Å². The Morgan fingerprint density at radius 3 is 2.78 bits per heavy atom. The quantitative estimate of drug-likeness (QED) is 0.806. The maximum atomic E-state index is 8.68. The van der Waals surface area contributed by atoms with Crippen molar-refractivity contribution in [3.8, 4) is 11.8 Å². The molecule has 0 saturated heterocycles. The van der Waals surface area contributed by atoms with Crippen LogP contribution in [0.15, 0.2) is 29.3 Å². The molecule has 0 aliphatic carbocycles. The Hall–Kier alpha value is -2.02. The fourth-order valence-electron chi connectivity index (χ4n) is 1.93. The smallest absolute Gasteiger partial charge is 0.119 e. The Morgan fingerprint density at radius 2 is 2.17 bits per heavy atom. The second-order valence-corrected chi connectivity index (χ2v) is 4.43. The van der Waals surface area contributed by atoms with E-state index >= 15 is 0 Å². The van der Waals surface area contributed by atoms with Crippen molar-refractivity contribution in [2.24, 2.45) is 4.99 Å². The minimum Gasteiger partial charge on any atom is -0.494 e. The Balaban J connectivity index is 1.69. The molecule has 0 radical (unpaired) electrons. The highest BCUT2D eigenvalue weighted by molar-refractivity contribution is 5.58. The van der Waals surface area contributed by atoms with Crippen molar-refractivity contribution >= 4 is 6.34 Å². The van der Waals surface area contributed by atoms with Crippen LogP contribution in [0, 0.1) is 11.3 Å². The molecule has 18 heavy (non-hydrogen) atoms. The number of rotatable bonds is 5. The highest BCUT2D eigenvalue weighted by Crippen LogP contribution is 2.14. The van der Waals surface area contributed by atoms with E-state index in [9.17, 15) is 0 Å². The van der Waals surface area contributed by atoms with Gasteiger partial charge >= 0.3 is 0 Å². The van der Waals surface area contributed by atoms with Crippen LogP contribution < -0.4 is 10.1 Å². The molecule has 0 aromatic heterocycles. The zero-order chi connectivity index (χ0) is 12.8. The topological polar surface area (TPSA) is 57.4 Å². The molecule has 0 spiro atoms. The summed E-state index contributed by atoms with van der Waals surface area (Å²) in [6.07, 6.45) is 3.80. The number of hydrogen-bond acceptors (Lipinski definition) is 4. The van der Waals surface area contributed by atoms with Crippen molar-refractivity contribution in [1.82, 2.24) is 5.32 Å². The van der Waals surface area contributed by atoms with Crippen LogP contribution in [0.4, 0.5) is 0 Å². The van der Waals surface area contributed by atoms with Gasteiger partial charge in [0.05, 0.1) is 30.6 Å². The molecule has 2 rings (SSSR count). The van der Waals surface area contributed by atoms with E-state index in [1.165, 1.54) is 0 Å². The van der Waals surface area contributed by atoms with Gasteiger partial charge in [-0.1, -0.05) is 0 Å². The van der Waals surface area contributed by atoms with Crippen molar-refractivity contribution in [2.45, 2.75) is 31.8 Å². The second-order valence-electron chi connectivity index (χ2n) is 4.43. The Bertz CT molecular complexity index is 447. The number of benzene rings is 1. The van der Waals surface area contributed by atoms with E-state index in [0.717, 1.165) is 18.6 Å². The average Bonchev–Trinajstić information content (AvgIpc) is 2.81. The standard InChI is InChI=1S/C14H17N3O/c1-11-14(17-10-16-11)3-2-8-18-13-6-4-12(9-15)5-7-13/h4-7,10-11,14H,2-3,8H2,1H3,(H,16,17). The molecule has 4 heteroatoms. The van der Waals surface area contributed by atoms with Crippen LogP contribution in [0.3, 0.4) is 0 Å². The summed E-state index contributed by atoms with van der Waals surface area (Å²) in [5, 5.41) is 11.9. The molecule has 1 aromatic rings. The first-order valence-corrected chi connectivity index (χ1v) is 6.20. The molecule has 2 unspecified atom stereocenters. The minimum atomic E-state index is 0.370. The van der Waals surface area contributed by atoms with Crippen molar-refractivity contribution in [1.29, 1.82) is 5.26 Å². The first-order valence-electron chi connectivity index (χ1n) is 6.20. The molecule has 1 heterocycles. The molecule has 1 aliphatic heterocycles. The van der Waals surface area contributed by atoms with Crippen LogP contribution in [0.5, 0.6) is 5.75 Å². The number of ether oxygens (including phenoxy) is 1. The number of hydrogen-bond donors (Lipinski definition) is 1. The van der Waals surface area contributed by atoms with Crippen molar-refractivity contribution in [3.63, 3.8) is 0 Å². The fraction of sp³-hybridized carbons (Fsp3) is 0.429. The second kappa shape index (κ2) is 6.06. The van der Waals surface area contributed by atoms with E-state index in [1.807, 2.05) is 12.1 Å². The lowest BCUT2D eigenvalue weighted by Gasteiger charge is -2.13. The van der Waals surface area contributed by atoms with E-state index in [2.05, 4.69) is 23.3 Å². The summed E-state index contributed by atoms with van der Waals surface area (Å²) in [6, 6.07) is 10.1. The molecule has 0 saturated carbocycles. The number of aliphatic imine (C=N–C) groups is 1. The lowest BCUT2D eigenvalue weighted by atomic mass is 10.1. The molecule has 0 amide bonds. The fourth-order valence-corrected chi connectivity index (χ4v) is 1.93. The van der Waals surface area contributed by atoms with Gasteiger partial charge in [-0.05, 0) is 44.0 Å². The lowest BCUT2D eigenvalue weighted by Crippen LogP contribution is -2.28. The van der Waals surface area contributed by atoms with Crippen LogP contribution in [0.2, 0.25) is 0 Å².